The second kappa shape index (κ2) is 4.89. The van der Waals surface area contributed by atoms with E-state index in [1.54, 1.807) is 0 Å². The summed E-state index contributed by atoms with van der Waals surface area (Å²) in [5.74, 6) is -1.08. The first-order valence-corrected chi connectivity index (χ1v) is 5.49. The van der Waals surface area contributed by atoms with Gasteiger partial charge in [-0.05, 0) is 12.6 Å². The van der Waals surface area contributed by atoms with Crippen molar-refractivity contribution in [1.29, 1.82) is 0 Å². The molecule has 4 heteroatoms. The summed E-state index contributed by atoms with van der Waals surface area (Å²) in [7, 11) is 0. The van der Waals surface area contributed by atoms with Crippen molar-refractivity contribution >= 4 is 0 Å². The molecule has 1 heterocycles. The van der Waals surface area contributed by atoms with E-state index < -0.39 is 11.6 Å². The molecule has 1 aliphatic rings. The first kappa shape index (κ1) is 11.5. The molecule has 1 unspecified atom stereocenters. The van der Waals surface area contributed by atoms with Crippen LogP contribution in [0.5, 0.6) is 0 Å². The van der Waals surface area contributed by atoms with Gasteiger partial charge < -0.3 is 4.74 Å². The van der Waals surface area contributed by atoms with Crippen LogP contribution in [0.2, 0.25) is 0 Å². The highest BCUT2D eigenvalue weighted by Crippen LogP contribution is 2.24. The van der Waals surface area contributed by atoms with Gasteiger partial charge in [0.25, 0.3) is 0 Å². The SMILES string of the molecule is CCN1CCOC(c2ccc(F)cc2F)C1. The van der Waals surface area contributed by atoms with Gasteiger partial charge in [0.1, 0.15) is 11.6 Å². The lowest BCUT2D eigenvalue weighted by atomic mass is 10.1. The molecule has 1 fully saturated rings. The topological polar surface area (TPSA) is 12.5 Å². The second-order valence-corrected chi connectivity index (χ2v) is 3.92. The number of hydrogen-bond donors (Lipinski definition) is 0. The zero-order valence-corrected chi connectivity index (χ0v) is 9.25. The van der Waals surface area contributed by atoms with Crippen LogP contribution >= 0.6 is 0 Å². The number of likely N-dealkylation sites (N-methyl/N-ethyl adjacent to an activating group) is 1. The van der Waals surface area contributed by atoms with Crippen molar-refractivity contribution in [1.82, 2.24) is 4.90 Å². The Morgan fingerprint density at radius 2 is 2.25 bits per heavy atom. The van der Waals surface area contributed by atoms with Crippen LogP contribution < -0.4 is 0 Å². The lowest BCUT2D eigenvalue weighted by Crippen LogP contribution is -2.38. The molecule has 0 saturated carbocycles. The number of morpholine rings is 1. The van der Waals surface area contributed by atoms with Crippen LogP contribution in [0.25, 0.3) is 0 Å². The predicted molar refractivity (Wildman–Crippen MR) is 57.2 cm³/mol. The Bertz CT molecular complexity index is 370. The van der Waals surface area contributed by atoms with E-state index in [1.807, 2.05) is 0 Å². The Hall–Kier alpha value is -1.00. The Balaban J connectivity index is 2.16. The van der Waals surface area contributed by atoms with Gasteiger partial charge in [0.2, 0.25) is 0 Å². The van der Waals surface area contributed by atoms with Gasteiger partial charge in [-0.25, -0.2) is 8.78 Å². The third kappa shape index (κ3) is 2.39. The summed E-state index contributed by atoms with van der Waals surface area (Å²) in [6.07, 6.45) is -0.283. The average molecular weight is 227 g/mol. The molecule has 0 radical (unpaired) electrons. The summed E-state index contributed by atoms with van der Waals surface area (Å²) in [6, 6.07) is 3.64. The molecule has 0 amide bonds. The first-order chi connectivity index (χ1) is 7.70. The number of halogens is 2. The van der Waals surface area contributed by atoms with E-state index in [9.17, 15) is 8.78 Å². The number of hydrogen-bond acceptors (Lipinski definition) is 2. The van der Waals surface area contributed by atoms with E-state index in [-0.39, 0.29) is 6.10 Å². The molecular formula is C12H15F2NO. The van der Waals surface area contributed by atoms with Crippen molar-refractivity contribution in [3.05, 3.63) is 35.4 Å². The third-order valence-electron chi connectivity index (χ3n) is 2.91. The molecule has 0 aromatic heterocycles. The van der Waals surface area contributed by atoms with E-state index in [0.29, 0.717) is 18.7 Å². The first-order valence-electron chi connectivity index (χ1n) is 5.49. The molecule has 1 atom stereocenters. The summed E-state index contributed by atoms with van der Waals surface area (Å²) >= 11 is 0. The summed E-state index contributed by atoms with van der Waals surface area (Å²) in [5.41, 5.74) is 0.444. The van der Waals surface area contributed by atoms with Crippen molar-refractivity contribution in [3.63, 3.8) is 0 Å². The minimum atomic E-state index is -0.551. The van der Waals surface area contributed by atoms with Crippen LogP contribution in [-0.4, -0.2) is 31.1 Å². The number of nitrogens with zero attached hydrogens (tertiary/aromatic N) is 1. The van der Waals surface area contributed by atoms with Gasteiger partial charge in [-0.15, -0.1) is 0 Å². The van der Waals surface area contributed by atoms with E-state index >= 15 is 0 Å². The molecule has 0 aliphatic carbocycles. The van der Waals surface area contributed by atoms with Gasteiger partial charge in [0, 0.05) is 24.7 Å². The Kier molecular flexibility index (Phi) is 3.51. The highest BCUT2D eigenvalue weighted by Gasteiger charge is 2.23. The van der Waals surface area contributed by atoms with Gasteiger partial charge in [-0.1, -0.05) is 13.0 Å². The fraction of sp³-hybridized carbons (Fsp3) is 0.500. The quantitative estimate of drug-likeness (QED) is 0.769. The molecule has 0 bridgehead atoms. The minimum Gasteiger partial charge on any atom is -0.371 e. The van der Waals surface area contributed by atoms with E-state index in [0.717, 1.165) is 19.2 Å². The second-order valence-electron chi connectivity index (χ2n) is 3.92. The zero-order valence-electron chi connectivity index (χ0n) is 9.25. The van der Waals surface area contributed by atoms with Crippen LogP contribution in [0.3, 0.4) is 0 Å². The highest BCUT2D eigenvalue weighted by molar-refractivity contribution is 5.21. The molecule has 1 aliphatic heterocycles. The van der Waals surface area contributed by atoms with Crippen molar-refractivity contribution in [2.24, 2.45) is 0 Å². The average Bonchev–Trinajstić information content (AvgIpc) is 2.29. The van der Waals surface area contributed by atoms with Crippen molar-refractivity contribution in [3.8, 4) is 0 Å². The summed E-state index contributed by atoms with van der Waals surface area (Å²) in [5, 5.41) is 0. The Morgan fingerprint density at radius 3 is 2.94 bits per heavy atom. The fourth-order valence-electron chi connectivity index (χ4n) is 1.94. The predicted octanol–water partition coefficient (Wildman–Crippen LogP) is 2.36. The number of rotatable bonds is 2. The smallest absolute Gasteiger partial charge is 0.131 e. The van der Waals surface area contributed by atoms with Crippen molar-refractivity contribution in [2.75, 3.05) is 26.2 Å². The minimum absolute atomic E-state index is 0.283. The third-order valence-corrected chi connectivity index (χ3v) is 2.91. The maximum atomic E-state index is 13.5. The summed E-state index contributed by atoms with van der Waals surface area (Å²) in [6.45, 7) is 5.11. The Morgan fingerprint density at radius 1 is 1.44 bits per heavy atom. The van der Waals surface area contributed by atoms with Crippen LogP contribution in [0.1, 0.15) is 18.6 Å². The molecular weight excluding hydrogens is 212 g/mol. The van der Waals surface area contributed by atoms with Gasteiger partial charge in [0.15, 0.2) is 0 Å². The fourth-order valence-corrected chi connectivity index (χ4v) is 1.94. The number of ether oxygens (including phenoxy) is 1. The summed E-state index contributed by atoms with van der Waals surface area (Å²) < 4.78 is 31.8. The van der Waals surface area contributed by atoms with E-state index in [1.165, 1.54) is 12.1 Å². The van der Waals surface area contributed by atoms with Gasteiger partial charge >= 0.3 is 0 Å². The van der Waals surface area contributed by atoms with Crippen LogP contribution in [0.4, 0.5) is 8.78 Å². The van der Waals surface area contributed by atoms with Crippen molar-refractivity contribution < 1.29 is 13.5 Å². The maximum Gasteiger partial charge on any atom is 0.131 e. The van der Waals surface area contributed by atoms with Gasteiger partial charge in [-0.2, -0.15) is 0 Å². The van der Waals surface area contributed by atoms with Crippen molar-refractivity contribution in [2.45, 2.75) is 13.0 Å². The molecule has 2 rings (SSSR count). The lowest BCUT2D eigenvalue weighted by Gasteiger charge is -2.32. The number of benzene rings is 1. The molecule has 0 spiro atoms. The van der Waals surface area contributed by atoms with E-state index in [4.69, 9.17) is 4.74 Å². The highest BCUT2D eigenvalue weighted by atomic mass is 19.1. The molecule has 1 aromatic carbocycles. The standard InChI is InChI=1S/C12H15F2NO/c1-2-15-5-6-16-12(8-15)10-4-3-9(13)7-11(10)14/h3-4,7,12H,2,5-6,8H2,1H3. The molecule has 16 heavy (non-hydrogen) atoms. The zero-order chi connectivity index (χ0) is 11.5. The monoisotopic (exact) mass is 227 g/mol. The van der Waals surface area contributed by atoms with E-state index in [2.05, 4.69) is 11.8 Å². The summed E-state index contributed by atoms with van der Waals surface area (Å²) in [4.78, 5) is 2.19. The molecule has 0 N–H and O–H groups in total. The maximum absolute atomic E-state index is 13.5. The normalized spacial score (nSPS) is 22.3. The molecule has 88 valence electrons. The van der Waals surface area contributed by atoms with Gasteiger partial charge in [-0.3, -0.25) is 4.90 Å². The molecule has 1 aromatic rings. The molecule has 2 nitrogen and oxygen atoms in total. The largest absolute Gasteiger partial charge is 0.371 e. The Labute approximate surface area is 93.8 Å². The van der Waals surface area contributed by atoms with Crippen LogP contribution in [0.15, 0.2) is 18.2 Å². The lowest BCUT2D eigenvalue weighted by molar-refractivity contribution is -0.0298. The molecule has 1 saturated heterocycles. The van der Waals surface area contributed by atoms with Crippen LogP contribution in [0, 0.1) is 11.6 Å². The van der Waals surface area contributed by atoms with Crippen LogP contribution in [-0.2, 0) is 4.74 Å². The van der Waals surface area contributed by atoms with Gasteiger partial charge in [0.05, 0.1) is 12.7 Å².